The number of hydrogen-bond acceptors (Lipinski definition) is 3. The lowest BCUT2D eigenvalue weighted by atomic mass is 10.1. The lowest BCUT2D eigenvalue weighted by molar-refractivity contribution is 0.465. The average molecular weight is 330 g/mol. The summed E-state index contributed by atoms with van der Waals surface area (Å²) in [5, 5.41) is 11.4. The highest BCUT2D eigenvalue weighted by atomic mass is 79.9. The standard InChI is InChI=1S/C16H12BrNO2/c1-10-8-13(4-5-15(10)17)20-16-14-9-12(19)3-2-11(14)6-7-18-16/h2-9,19H,1H3. The molecule has 0 bridgehead atoms. The van der Waals surface area contributed by atoms with Crippen molar-refractivity contribution in [2.45, 2.75) is 6.92 Å². The van der Waals surface area contributed by atoms with Gasteiger partial charge >= 0.3 is 0 Å². The quantitative estimate of drug-likeness (QED) is 0.734. The highest BCUT2D eigenvalue weighted by Gasteiger charge is 2.07. The van der Waals surface area contributed by atoms with Crippen LogP contribution in [0.15, 0.2) is 53.1 Å². The third-order valence-corrected chi connectivity index (χ3v) is 3.95. The summed E-state index contributed by atoms with van der Waals surface area (Å²) in [5.41, 5.74) is 1.09. The molecule has 4 heteroatoms. The number of hydrogen-bond donors (Lipinski definition) is 1. The Morgan fingerprint density at radius 2 is 1.95 bits per heavy atom. The minimum absolute atomic E-state index is 0.197. The van der Waals surface area contributed by atoms with E-state index in [9.17, 15) is 5.11 Å². The van der Waals surface area contributed by atoms with E-state index in [4.69, 9.17) is 4.74 Å². The number of halogens is 1. The molecule has 3 aromatic rings. The number of ether oxygens (including phenoxy) is 1. The molecule has 0 saturated heterocycles. The van der Waals surface area contributed by atoms with Gasteiger partial charge in [0.1, 0.15) is 11.5 Å². The minimum Gasteiger partial charge on any atom is -0.508 e. The fraction of sp³-hybridized carbons (Fsp3) is 0.0625. The van der Waals surface area contributed by atoms with Crippen molar-refractivity contribution in [3.63, 3.8) is 0 Å². The summed E-state index contributed by atoms with van der Waals surface area (Å²) in [7, 11) is 0. The number of rotatable bonds is 2. The zero-order valence-corrected chi connectivity index (χ0v) is 12.4. The Balaban J connectivity index is 2.05. The second-order valence-electron chi connectivity index (χ2n) is 4.53. The Bertz CT molecular complexity index is 787. The number of fused-ring (bicyclic) bond motifs is 1. The van der Waals surface area contributed by atoms with E-state index in [0.29, 0.717) is 11.6 Å². The van der Waals surface area contributed by atoms with Gasteiger partial charge in [0.15, 0.2) is 0 Å². The van der Waals surface area contributed by atoms with Gasteiger partial charge in [0, 0.05) is 16.1 Å². The Kier molecular flexibility index (Phi) is 3.32. The van der Waals surface area contributed by atoms with Gasteiger partial charge in [0.25, 0.3) is 0 Å². The predicted octanol–water partition coefficient (Wildman–Crippen LogP) is 4.80. The zero-order valence-electron chi connectivity index (χ0n) is 10.8. The van der Waals surface area contributed by atoms with Gasteiger partial charge in [-0.05, 0) is 54.3 Å². The van der Waals surface area contributed by atoms with Crippen LogP contribution in [-0.2, 0) is 0 Å². The molecule has 0 fully saturated rings. The van der Waals surface area contributed by atoms with Crippen LogP contribution in [0.2, 0.25) is 0 Å². The second kappa shape index (κ2) is 5.13. The summed E-state index contributed by atoms with van der Waals surface area (Å²) in [5.74, 6) is 1.40. The molecule has 1 aromatic heterocycles. The van der Waals surface area contributed by atoms with Crippen LogP contribution in [0.25, 0.3) is 10.8 Å². The summed E-state index contributed by atoms with van der Waals surface area (Å²) in [6.45, 7) is 2.00. The van der Waals surface area contributed by atoms with Gasteiger partial charge in [-0.2, -0.15) is 0 Å². The number of phenols is 1. The van der Waals surface area contributed by atoms with E-state index in [1.165, 1.54) is 0 Å². The number of aromatic hydroxyl groups is 1. The SMILES string of the molecule is Cc1cc(Oc2nccc3ccc(O)cc23)ccc1Br. The van der Waals surface area contributed by atoms with Gasteiger partial charge in [-0.3, -0.25) is 0 Å². The van der Waals surface area contributed by atoms with Crippen molar-refractivity contribution in [3.8, 4) is 17.4 Å². The van der Waals surface area contributed by atoms with Gasteiger partial charge in [0.05, 0.1) is 0 Å². The lowest BCUT2D eigenvalue weighted by Crippen LogP contribution is -1.90. The second-order valence-corrected chi connectivity index (χ2v) is 5.39. The van der Waals surface area contributed by atoms with E-state index in [2.05, 4.69) is 20.9 Å². The van der Waals surface area contributed by atoms with Gasteiger partial charge < -0.3 is 9.84 Å². The van der Waals surface area contributed by atoms with Gasteiger partial charge in [0.2, 0.25) is 5.88 Å². The molecule has 20 heavy (non-hydrogen) atoms. The molecule has 0 atom stereocenters. The van der Waals surface area contributed by atoms with Gasteiger partial charge in [-0.25, -0.2) is 4.98 Å². The maximum absolute atomic E-state index is 9.61. The Morgan fingerprint density at radius 3 is 2.75 bits per heavy atom. The minimum atomic E-state index is 0.197. The molecule has 3 nitrogen and oxygen atoms in total. The van der Waals surface area contributed by atoms with Crippen molar-refractivity contribution in [3.05, 3.63) is 58.7 Å². The maximum Gasteiger partial charge on any atom is 0.227 e. The third kappa shape index (κ3) is 2.47. The molecule has 0 saturated carbocycles. The number of pyridine rings is 1. The van der Waals surface area contributed by atoms with E-state index in [-0.39, 0.29) is 5.75 Å². The molecule has 0 amide bonds. The number of benzene rings is 2. The normalized spacial score (nSPS) is 10.7. The molecule has 100 valence electrons. The van der Waals surface area contributed by atoms with Gasteiger partial charge in [-0.15, -0.1) is 0 Å². The highest BCUT2D eigenvalue weighted by Crippen LogP contribution is 2.31. The summed E-state index contributed by atoms with van der Waals surface area (Å²) >= 11 is 3.46. The van der Waals surface area contributed by atoms with Crippen LogP contribution in [0, 0.1) is 6.92 Å². The van der Waals surface area contributed by atoms with Crippen LogP contribution in [0.1, 0.15) is 5.56 Å². The molecular weight excluding hydrogens is 318 g/mol. The molecule has 1 heterocycles. The topological polar surface area (TPSA) is 42.4 Å². The Morgan fingerprint density at radius 1 is 1.10 bits per heavy atom. The first-order valence-corrected chi connectivity index (χ1v) is 6.94. The Hall–Kier alpha value is -2.07. The van der Waals surface area contributed by atoms with E-state index in [1.54, 1.807) is 18.3 Å². The summed E-state index contributed by atoms with van der Waals surface area (Å²) in [6.07, 6.45) is 1.69. The van der Waals surface area contributed by atoms with Crippen molar-refractivity contribution in [1.29, 1.82) is 0 Å². The van der Waals surface area contributed by atoms with Crippen molar-refractivity contribution in [2.24, 2.45) is 0 Å². The summed E-state index contributed by atoms with van der Waals surface area (Å²) in [4.78, 5) is 4.25. The van der Waals surface area contributed by atoms with E-state index in [0.717, 1.165) is 20.8 Å². The molecule has 2 aromatic carbocycles. The molecule has 0 aliphatic rings. The van der Waals surface area contributed by atoms with Crippen LogP contribution >= 0.6 is 15.9 Å². The number of aromatic nitrogens is 1. The largest absolute Gasteiger partial charge is 0.508 e. The molecular formula is C16H12BrNO2. The third-order valence-electron chi connectivity index (χ3n) is 3.06. The van der Waals surface area contributed by atoms with Crippen LogP contribution in [0.3, 0.4) is 0 Å². The van der Waals surface area contributed by atoms with Crippen LogP contribution in [0.5, 0.6) is 17.4 Å². The van der Waals surface area contributed by atoms with Crippen LogP contribution < -0.4 is 4.74 Å². The molecule has 0 unspecified atom stereocenters. The van der Waals surface area contributed by atoms with Gasteiger partial charge in [-0.1, -0.05) is 22.0 Å². The summed E-state index contributed by atoms with van der Waals surface area (Å²) in [6, 6.07) is 12.8. The Labute approximate surface area is 125 Å². The van der Waals surface area contributed by atoms with Crippen molar-refractivity contribution < 1.29 is 9.84 Å². The number of aryl methyl sites for hydroxylation is 1. The van der Waals surface area contributed by atoms with E-state index < -0.39 is 0 Å². The number of nitrogens with zero attached hydrogens (tertiary/aromatic N) is 1. The number of phenolic OH excluding ortho intramolecular Hbond substituents is 1. The fourth-order valence-electron chi connectivity index (χ4n) is 2.00. The predicted molar refractivity (Wildman–Crippen MR) is 82.4 cm³/mol. The van der Waals surface area contributed by atoms with Crippen LogP contribution in [-0.4, -0.2) is 10.1 Å². The summed E-state index contributed by atoms with van der Waals surface area (Å²) < 4.78 is 6.87. The zero-order chi connectivity index (χ0) is 14.1. The van der Waals surface area contributed by atoms with E-state index >= 15 is 0 Å². The van der Waals surface area contributed by atoms with E-state index in [1.807, 2.05) is 37.3 Å². The fourth-order valence-corrected chi connectivity index (χ4v) is 2.25. The maximum atomic E-state index is 9.61. The first-order chi connectivity index (χ1) is 9.63. The molecule has 1 N–H and O–H groups in total. The first kappa shape index (κ1) is 12.9. The van der Waals surface area contributed by atoms with Crippen LogP contribution in [0.4, 0.5) is 0 Å². The molecule has 3 rings (SSSR count). The smallest absolute Gasteiger partial charge is 0.227 e. The van der Waals surface area contributed by atoms with Crippen molar-refractivity contribution in [1.82, 2.24) is 4.98 Å². The molecule has 0 radical (unpaired) electrons. The van der Waals surface area contributed by atoms with Crippen molar-refractivity contribution >= 4 is 26.7 Å². The monoisotopic (exact) mass is 329 g/mol. The lowest BCUT2D eigenvalue weighted by Gasteiger charge is -2.09. The molecule has 0 aliphatic heterocycles. The average Bonchev–Trinajstić information content (AvgIpc) is 2.44. The molecule has 0 aliphatic carbocycles. The van der Waals surface area contributed by atoms with Crippen molar-refractivity contribution in [2.75, 3.05) is 0 Å². The highest BCUT2D eigenvalue weighted by molar-refractivity contribution is 9.10. The first-order valence-electron chi connectivity index (χ1n) is 6.15. The molecule has 0 spiro atoms.